The minimum atomic E-state index is 0.296. The molecule has 1 aromatic rings. The van der Waals surface area contributed by atoms with Crippen LogP contribution >= 0.6 is 30.1 Å². The minimum Gasteiger partial charge on any atom is -0.289 e. The smallest absolute Gasteiger partial charge is 0.130 e. The number of pyridine rings is 1. The zero-order valence-electron chi connectivity index (χ0n) is 10.6. The van der Waals surface area contributed by atoms with Crippen LogP contribution in [-0.4, -0.2) is 10.4 Å². The van der Waals surface area contributed by atoms with Crippen molar-refractivity contribution in [1.29, 1.82) is 10.8 Å². The summed E-state index contributed by atoms with van der Waals surface area (Å²) in [6, 6.07) is 3.56. The lowest BCUT2D eigenvalue weighted by molar-refractivity contribution is 0.430. The molecule has 100 valence electrons. The van der Waals surface area contributed by atoms with Crippen LogP contribution in [-0.2, 0) is 0 Å². The van der Waals surface area contributed by atoms with Gasteiger partial charge < -0.3 is 0 Å². The number of nitrogens with zero attached hydrogens (tertiary/aromatic N) is 1. The molecule has 2 N–H and O–H groups in total. The lowest BCUT2D eigenvalue weighted by atomic mass is 9.88. The molecule has 0 spiro atoms. The standard InChI is InChI=1S/C14H16IN3S/c15-19-9-8-11-6-7-13(16)18(10-11)14(17)12-4-2-1-3-5-12/h6-7,10,12,16-17H,1-5H2. The summed E-state index contributed by atoms with van der Waals surface area (Å²) < 4.78 is 1.68. The van der Waals surface area contributed by atoms with Gasteiger partial charge in [0.2, 0.25) is 0 Å². The van der Waals surface area contributed by atoms with Gasteiger partial charge in [0.15, 0.2) is 0 Å². The second-order valence-corrected chi connectivity index (χ2v) is 6.38. The van der Waals surface area contributed by atoms with Crippen molar-refractivity contribution >= 4 is 36.0 Å². The van der Waals surface area contributed by atoms with Crippen LogP contribution in [0.4, 0.5) is 0 Å². The van der Waals surface area contributed by atoms with Gasteiger partial charge in [-0.15, -0.1) is 0 Å². The molecule has 0 aliphatic heterocycles. The van der Waals surface area contributed by atoms with Crippen LogP contribution < -0.4 is 5.49 Å². The maximum atomic E-state index is 8.33. The maximum absolute atomic E-state index is 8.33. The van der Waals surface area contributed by atoms with Gasteiger partial charge in [-0.1, -0.05) is 25.2 Å². The first-order valence-corrected chi connectivity index (χ1v) is 9.73. The molecule has 3 nitrogen and oxygen atoms in total. The Morgan fingerprint density at radius 1 is 1.32 bits per heavy atom. The largest absolute Gasteiger partial charge is 0.289 e. The van der Waals surface area contributed by atoms with E-state index in [2.05, 4.69) is 32.4 Å². The second-order valence-electron chi connectivity index (χ2n) is 4.70. The first kappa shape index (κ1) is 14.7. The summed E-state index contributed by atoms with van der Waals surface area (Å²) >= 11 is 2.14. The summed E-state index contributed by atoms with van der Waals surface area (Å²) in [4.78, 5) is 0. The van der Waals surface area contributed by atoms with E-state index in [-0.39, 0.29) is 0 Å². The van der Waals surface area contributed by atoms with E-state index in [1.807, 2.05) is 12.3 Å². The Labute approximate surface area is 129 Å². The quantitative estimate of drug-likeness (QED) is 0.329. The van der Waals surface area contributed by atoms with E-state index in [1.54, 1.807) is 10.6 Å². The predicted molar refractivity (Wildman–Crippen MR) is 88.5 cm³/mol. The molecule has 1 aromatic heterocycles. The molecule has 0 saturated heterocycles. The molecule has 0 amide bonds. The zero-order chi connectivity index (χ0) is 13.7. The van der Waals surface area contributed by atoms with Crippen molar-refractivity contribution in [3.63, 3.8) is 0 Å². The van der Waals surface area contributed by atoms with Crippen LogP contribution in [0.15, 0.2) is 18.3 Å². The summed E-state index contributed by atoms with van der Waals surface area (Å²) in [5.41, 5.74) is 1.23. The van der Waals surface area contributed by atoms with Crippen molar-refractivity contribution in [2.45, 2.75) is 32.1 Å². The number of aromatic nitrogens is 1. The molecular weight excluding hydrogens is 369 g/mol. The van der Waals surface area contributed by atoms with Gasteiger partial charge in [0, 0.05) is 38.9 Å². The van der Waals surface area contributed by atoms with E-state index in [0.29, 0.717) is 17.2 Å². The summed E-state index contributed by atoms with van der Waals surface area (Å²) in [7, 11) is 1.44. The number of nitrogens with one attached hydrogen (secondary N) is 2. The molecule has 0 unspecified atom stereocenters. The van der Waals surface area contributed by atoms with Crippen molar-refractivity contribution in [3.8, 4) is 11.2 Å². The van der Waals surface area contributed by atoms with Crippen LogP contribution in [0.5, 0.6) is 0 Å². The highest BCUT2D eigenvalue weighted by Crippen LogP contribution is 2.24. The number of hydrogen-bond acceptors (Lipinski definition) is 3. The van der Waals surface area contributed by atoms with Crippen LogP contribution in [0.3, 0.4) is 0 Å². The molecule has 0 radical (unpaired) electrons. The Morgan fingerprint density at radius 3 is 2.74 bits per heavy atom. The Kier molecular flexibility index (Phi) is 5.52. The van der Waals surface area contributed by atoms with Crippen LogP contribution in [0.1, 0.15) is 37.7 Å². The molecular formula is C14H16IN3S. The third kappa shape index (κ3) is 3.86. The Morgan fingerprint density at radius 2 is 2.05 bits per heavy atom. The highest BCUT2D eigenvalue weighted by molar-refractivity contribution is 14.2. The van der Waals surface area contributed by atoms with Gasteiger partial charge in [-0.2, -0.15) is 0 Å². The average Bonchev–Trinajstić information content (AvgIpc) is 2.46. The fraction of sp³-hybridized carbons (Fsp3) is 0.429. The highest BCUT2D eigenvalue weighted by Gasteiger charge is 2.19. The van der Waals surface area contributed by atoms with Crippen LogP contribution in [0.2, 0.25) is 0 Å². The van der Waals surface area contributed by atoms with Gasteiger partial charge in [0.1, 0.15) is 11.3 Å². The van der Waals surface area contributed by atoms with Crippen LogP contribution in [0, 0.1) is 27.9 Å². The fourth-order valence-electron chi connectivity index (χ4n) is 2.42. The molecule has 0 atom stereocenters. The van der Waals surface area contributed by atoms with Gasteiger partial charge in [-0.25, -0.2) is 0 Å². The first-order valence-electron chi connectivity index (χ1n) is 6.37. The molecule has 5 heteroatoms. The van der Waals surface area contributed by atoms with Gasteiger partial charge in [-0.05, 0) is 39.2 Å². The Bertz CT molecular complexity index is 576. The van der Waals surface area contributed by atoms with E-state index >= 15 is 0 Å². The lowest BCUT2D eigenvalue weighted by Gasteiger charge is -2.23. The zero-order valence-corrected chi connectivity index (χ0v) is 13.6. The summed E-state index contributed by atoms with van der Waals surface area (Å²) in [6.07, 6.45) is 7.65. The van der Waals surface area contributed by atoms with E-state index < -0.39 is 0 Å². The number of rotatable bonds is 1. The molecule has 0 aromatic carbocycles. The van der Waals surface area contributed by atoms with Crippen molar-refractivity contribution < 1.29 is 0 Å². The summed E-state index contributed by atoms with van der Waals surface area (Å²) in [5, 5.41) is 19.2. The topological polar surface area (TPSA) is 52.6 Å². The molecule has 1 aliphatic carbocycles. The first-order chi connectivity index (χ1) is 9.22. The van der Waals surface area contributed by atoms with Crippen molar-refractivity contribution in [2.75, 3.05) is 0 Å². The molecule has 1 aliphatic rings. The normalized spacial score (nSPS) is 15.6. The monoisotopic (exact) mass is 385 g/mol. The summed E-state index contributed by atoms with van der Waals surface area (Å²) in [6.45, 7) is 0. The van der Waals surface area contributed by atoms with E-state index in [9.17, 15) is 0 Å². The third-order valence-corrected chi connectivity index (χ3v) is 4.27. The van der Waals surface area contributed by atoms with E-state index in [0.717, 1.165) is 18.4 Å². The SMILES string of the molecule is N=C(C1CCCCC1)n1cc(C#CSI)ccc1=N. The lowest BCUT2D eigenvalue weighted by Crippen LogP contribution is -2.32. The molecule has 0 bridgehead atoms. The third-order valence-electron chi connectivity index (χ3n) is 3.43. The van der Waals surface area contributed by atoms with Gasteiger partial charge in [-0.3, -0.25) is 15.4 Å². The fourth-order valence-corrected chi connectivity index (χ4v) is 2.91. The van der Waals surface area contributed by atoms with Crippen molar-refractivity contribution in [1.82, 2.24) is 4.57 Å². The summed E-state index contributed by atoms with van der Waals surface area (Å²) in [5.74, 6) is 3.87. The van der Waals surface area contributed by atoms with Crippen molar-refractivity contribution in [3.05, 3.63) is 29.4 Å². The Hall–Kier alpha value is -0.740. The number of halogens is 1. The van der Waals surface area contributed by atoms with Gasteiger partial charge in [0.25, 0.3) is 0 Å². The molecule has 2 rings (SSSR count). The van der Waals surface area contributed by atoms with E-state index in [1.165, 1.54) is 28.2 Å². The number of hydrogen-bond donors (Lipinski definition) is 2. The van der Waals surface area contributed by atoms with Crippen LogP contribution in [0.25, 0.3) is 0 Å². The average molecular weight is 385 g/mol. The second kappa shape index (κ2) is 7.15. The minimum absolute atomic E-state index is 0.296. The highest BCUT2D eigenvalue weighted by atomic mass is 127. The van der Waals surface area contributed by atoms with Gasteiger partial charge >= 0.3 is 0 Å². The van der Waals surface area contributed by atoms with E-state index in [4.69, 9.17) is 10.8 Å². The van der Waals surface area contributed by atoms with Gasteiger partial charge in [0.05, 0.1) is 0 Å². The molecule has 1 fully saturated rings. The Balaban J connectivity index is 2.27. The molecule has 19 heavy (non-hydrogen) atoms. The molecule has 1 saturated carbocycles. The maximum Gasteiger partial charge on any atom is 0.130 e. The van der Waals surface area contributed by atoms with Crippen molar-refractivity contribution in [2.24, 2.45) is 5.92 Å². The molecule has 1 heterocycles. The predicted octanol–water partition coefficient (Wildman–Crippen LogP) is 3.77.